The molecular formula is C18H21BrN4O3. The number of amides is 2. The first-order valence-corrected chi connectivity index (χ1v) is 9.18. The third kappa shape index (κ3) is 3.96. The fourth-order valence-corrected chi connectivity index (χ4v) is 3.12. The second-order valence-corrected chi connectivity index (χ2v) is 7.10. The van der Waals surface area contributed by atoms with Gasteiger partial charge < -0.3 is 14.5 Å². The molecule has 138 valence electrons. The predicted octanol–water partition coefficient (Wildman–Crippen LogP) is 1.87. The standard InChI is InChI=1S/C18H21BrN4O3/c1-13-16(11-20-23(13)15-5-3-14(19)4-6-15)18(25)21(2)12-17(24)22-7-9-26-10-8-22/h3-6,11H,7-10,12H2,1-2H3. The average Bonchev–Trinajstić information content (AvgIpc) is 3.03. The van der Waals surface area contributed by atoms with E-state index in [0.717, 1.165) is 15.9 Å². The third-order valence-corrected chi connectivity index (χ3v) is 4.92. The van der Waals surface area contributed by atoms with Crippen molar-refractivity contribution in [1.29, 1.82) is 0 Å². The maximum atomic E-state index is 12.8. The van der Waals surface area contributed by atoms with E-state index in [4.69, 9.17) is 4.74 Å². The Bertz CT molecular complexity index is 797. The van der Waals surface area contributed by atoms with Gasteiger partial charge in [-0.2, -0.15) is 5.10 Å². The molecule has 0 bridgehead atoms. The van der Waals surface area contributed by atoms with E-state index < -0.39 is 0 Å². The summed E-state index contributed by atoms with van der Waals surface area (Å²) in [7, 11) is 1.64. The molecule has 0 aliphatic carbocycles. The Hall–Kier alpha value is -2.19. The van der Waals surface area contributed by atoms with Crippen molar-refractivity contribution in [2.75, 3.05) is 39.9 Å². The van der Waals surface area contributed by atoms with Crippen LogP contribution < -0.4 is 0 Å². The van der Waals surface area contributed by atoms with Gasteiger partial charge in [-0.1, -0.05) is 15.9 Å². The lowest BCUT2D eigenvalue weighted by atomic mass is 10.2. The number of likely N-dealkylation sites (N-methyl/N-ethyl adjacent to an activating group) is 1. The van der Waals surface area contributed by atoms with Gasteiger partial charge in [0.15, 0.2) is 0 Å². The molecule has 0 saturated carbocycles. The van der Waals surface area contributed by atoms with Crippen LogP contribution >= 0.6 is 15.9 Å². The fraction of sp³-hybridized carbons (Fsp3) is 0.389. The number of rotatable bonds is 4. The lowest BCUT2D eigenvalue weighted by Gasteiger charge is -2.28. The van der Waals surface area contributed by atoms with Gasteiger partial charge in [-0.3, -0.25) is 9.59 Å². The summed E-state index contributed by atoms with van der Waals surface area (Å²) >= 11 is 3.41. The quantitative estimate of drug-likeness (QED) is 0.756. The molecule has 2 amide bonds. The molecule has 1 aliphatic heterocycles. The van der Waals surface area contributed by atoms with Crippen molar-refractivity contribution in [3.8, 4) is 5.69 Å². The first kappa shape index (κ1) is 18.6. The van der Waals surface area contributed by atoms with Crippen molar-refractivity contribution in [3.63, 3.8) is 0 Å². The first-order chi connectivity index (χ1) is 12.5. The number of nitrogens with zero attached hydrogens (tertiary/aromatic N) is 4. The van der Waals surface area contributed by atoms with Crippen molar-refractivity contribution in [2.24, 2.45) is 0 Å². The first-order valence-electron chi connectivity index (χ1n) is 8.39. The molecule has 8 heteroatoms. The minimum atomic E-state index is -0.215. The lowest BCUT2D eigenvalue weighted by Crippen LogP contribution is -2.46. The molecular weight excluding hydrogens is 400 g/mol. The van der Waals surface area contributed by atoms with Crippen molar-refractivity contribution in [2.45, 2.75) is 6.92 Å². The second-order valence-electron chi connectivity index (χ2n) is 6.19. The van der Waals surface area contributed by atoms with Crippen LogP contribution in [-0.2, 0) is 9.53 Å². The van der Waals surface area contributed by atoms with Gasteiger partial charge >= 0.3 is 0 Å². The van der Waals surface area contributed by atoms with Gasteiger partial charge in [0.2, 0.25) is 5.91 Å². The van der Waals surface area contributed by atoms with Crippen LogP contribution in [0.15, 0.2) is 34.9 Å². The van der Waals surface area contributed by atoms with Crippen LogP contribution in [0.3, 0.4) is 0 Å². The number of carbonyl (C=O) groups excluding carboxylic acids is 2. The Morgan fingerprint density at radius 1 is 1.23 bits per heavy atom. The van der Waals surface area contributed by atoms with Crippen LogP contribution in [0, 0.1) is 6.92 Å². The molecule has 3 rings (SSSR count). The molecule has 1 aromatic heterocycles. The Labute approximate surface area is 160 Å². The predicted molar refractivity (Wildman–Crippen MR) is 100 cm³/mol. The smallest absolute Gasteiger partial charge is 0.257 e. The van der Waals surface area contributed by atoms with Gasteiger partial charge in [-0.15, -0.1) is 0 Å². The molecule has 1 aromatic carbocycles. The number of ether oxygens (including phenoxy) is 1. The molecule has 1 fully saturated rings. The molecule has 2 heterocycles. The van der Waals surface area contributed by atoms with E-state index >= 15 is 0 Å². The topological polar surface area (TPSA) is 67.7 Å². The summed E-state index contributed by atoms with van der Waals surface area (Å²) in [6.07, 6.45) is 1.55. The van der Waals surface area contributed by atoms with Gasteiger partial charge in [-0.25, -0.2) is 4.68 Å². The van der Waals surface area contributed by atoms with Crippen molar-refractivity contribution >= 4 is 27.7 Å². The van der Waals surface area contributed by atoms with Crippen LogP contribution in [0.5, 0.6) is 0 Å². The van der Waals surface area contributed by atoms with E-state index in [1.54, 1.807) is 22.8 Å². The largest absolute Gasteiger partial charge is 0.378 e. The zero-order chi connectivity index (χ0) is 18.7. The van der Waals surface area contributed by atoms with E-state index in [-0.39, 0.29) is 18.4 Å². The summed E-state index contributed by atoms with van der Waals surface area (Å²) in [6, 6.07) is 7.68. The molecule has 26 heavy (non-hydrogen) atoms. The summed E-state index contributed by atoms with van der Waals surface area (Å²) < 4.78 is 7.95. The van der Waals surface area contributed by atoms with Gasteiger partial charge in [0.25, 0.3) is 5.91 Å². The normalized spacial score (nSPS) is 14.3. The summed E-state index contributed by atoms with van der Waals surface area (Å²) in [5, 5.41) is 4.33. The number of hydrogen-bond acceptors (Lipinski definition) is 4. The fourth-order valence-electron chi connectivity index (χ4n) is 2.86. The Morgan fingerprint density at radius 3 is 2.54 bits per heavy atom. The van der Waals surface area contributed by atoms with E-state index in [2.05, 4.69) is 21.0 Å². The maximum absolute atomic E-state index is 12.8. The SMILES string of the molecule is Cc1c(C(=O)N(C)CC(=O)N2CCOCC2)cnn1-c1ccc(Br)cc1. The van der Waals surface area contributed by atoms with Gasteiger partial charge in [0.05, 0.1) is 42.9 Å². The Morgan fingerprint density at radius 2 is 1.88 bits per heavy atom. The molecule has 0 atom stereocenters. The van der Waals surface area contributed by atoms with Crippen molar-refractivity contribution in [3.05, 3.63) is 46.2 Å². The lowest BCUT2D eigenvalue weighted by molar-refractivity contribution is -0.135. The number of morpholine rings is 1. The van der Waals surface area contributed by atoms with Crippen LogP contribution in [0.25, 0.3) is 5.69 Å². The van der Waals surface area contributed by atoms with Crippen LogP contribution in [-0.4, -0.2) is 71.3 Å². The van der Waals surface area contributed by atoms with E-state index in [0.29, 0.717) is 31.9 Å². The zero-order valence-electron chi connectivity index (χ0n) is 14.8. The average molecular weight is 421 g/mol. The monoisotopic (exact) mass is 420 g/mol. The molecule has 0 spiro atoms. The maximum Gasteiger partial charge on any atom is 0.257 e. The van der Waals surface area contributed by atoms with E-state index in [9.17, 15) is 9.59 Å². The summed E-state index contributed by atoms with van der Waals surface area (Å²) in [5.74, 6) is -0.283. The molecule has 0 N–H and O–H groups in total. The minimum absolute atomic E-state index is 0.0434. The summed E-state index contributed by atoms with van der Waals surface area (Å²) in [4.78, 5) is 28.3. The molecule has 0 unspecified atom stereocenters. The van der Waals surface area contributed by atoms with Crippen LogP contribution in [0.1, 0.15) is 16.1 Å². The number of benzene rings is 1. The number of carbonyl (C=O) groups is 2. The van der Waals surface area contributed by atoms with Crippen molar-refractivity contribution < 1.29 is 14.3 Å². The second kappa shape index (κ2) is 8.01. The van der Waals surface area contributed by atoms with Crippen LogP contribution in [0.4, 0.5) is 0 Å². The van der Waals surface area contributed by atoms with E-state index in [1.807, 2.05) is 31.2 Å². The Balaban J connectivity index is 1.71. The summed E-state index contributed by atoms with van der Waals surface area (Å²) in [6.45, 7) is 4.12. The van der Waals surface area contributed by atoms with Crippen LogP contribution in [0.2, 0.25) is 0 Å². The third-order valence-electron chi connectivity index (χ3n) is 4.39. The minimum Gasteiger partial charge on any atom is -0.378 e. The number of aromatic nitrogens is 2. The zero-order valence-corrected chi connectivity index (χ0v) is 16.4. The Kier molecular flexibility index (Phi) is 5.73. The highest BCUT2D eigenvalue weighted by Crippen LogP contribution is 2.18. The molecule has 7 nitrogen and oxygen atoms in total. The molecule has 0 radical (unpaired) electrons. The van der Waals surface area contributed by atoms with Crippen molar-refractivity contribution in [1.82, 2.24) is 19.6 Å². The van der Waals surface area contributed by atoms with Gasteiger partial charge in [0.1, 0.15) is 0 Å². The molecule has 2 aromatic rings. The van der Waals surface area contributed by atoms with Gasteiger partial charge in [0, 0.05) is 24.6 Å². The molecule has 1 aliphatic rings. The highest BCUT2D eigenvalue weighted by Gasteiger charge is 2.23. The van der Waals surface area contributed by atoms with E-state index in [1.165, 1.54) is 4.90 Å². The summed E-state index contributed by atoms with van der Waals surface area (Å²) in [5.41, 5.74) is 2.10. The highest BCUT2D eigenvalue weighted by molar-refractivity contribution is 9.10. The van der Waals surface area contributed by atoms with Gasteiger partial charge in [-0.05, 0) is 31.2 Å². The highest BCUT2D eigenvalue weighted by atomic mass is 79.9. The molecule has 1 saturated heterocycles. The number of halogens is 1. The number of hydrogen-bond donors (Lipinski definition) is 0.